The molecule has 0 heterocycles. The van der Waals surface area contributed by atoms with Crippen LogP contribution in [0.4, 0.5) is 0 Å². The zero-order valence-electron chi connectivity index (χ0n) is 7.80. The van der Waals surface area contributed by atoms with Gasteiger partial charge in [0.2, 0.25) is 0 Å². The number of thiol groups is 1. The third-order valence-corrected chi connectivity index (χ3v) is 4.24. The molecule has 0 nitrogen and oxygen atoms in total. The van der Waals surface area contributed by atoms with Crippen LogP contribution in [0.15, 0.2) is 0 Å². The summed E-state index contributed by atoms with van der Waals surface area (Å²) in [7, 11) is 0. The lowest BCUT2D eigenvalue weighted by Crippen LogP contribution is -2.08. The second-order valence-electron chi connectivity index (χ2n) is 3.56. The molecule has 0 aromatic carbocycles. The summed E-state index contributed by atoms with van der Waals surface area (Å²) in [5.74, 6) is 2.43. The van der Waals surface area contributed by atoms with Gasteiger partial charge in [0, 0.05) is 5.25 Å². The Morgan fingerprint density at radius 1 is 1.08 bits per heavy atom. The minimum Gasteiger partial charge on any atom is -0.179 e. The number of thioether (sulfide) groups is 1. The Hall–Kier alpha value is 0.700. The zero-order chi connectivity index (χ0) is 8.65. The number of hydrogen-bond donors (Lipinski definition) is 1. The van der Waals surface area contributed by atoms with Gasteiger partial charge in [-0.15, -0.1) is 0 Å². The molecule has 1 saturated carbocycles. The second-order valence-corrected chi connectivity index (χ2v) is 5.42. The summed E-state index contributed by atoms with van der Waals surface area (Å²) < 4.78 is 0. The van der Waals surface area contributed by atoms with Crippen LogP contribution < -0.4 is 0 Å². The predicted octanol–water partition coefficient (Wildman–Crippen LogP) is 3.76. The van der Waals surface area contributed by atoms with Gasteiger partial charge in [-0.1, -0.05) is 19.3 Å². The van der Waals surface area contributed by atoms with E-state index >= 15 is 0 Å². The minimum atomic E-state index is 0.999. The van der Waals surface area contributed by atoms with Gasteiger partial charge >= 0.3 is 0 Å². The summed E-state index contributed by atoms with van der Waals surface area (Å²) in [5.41, 5.74) is 0. The first-order valence-corrected chi connectivity index (χ1v) is 6.84. The Morgan fingerprint density at radius 2 is 1.83 bits per heavy atom. The summed E-state index contributed by atoms with van der Waals surface area (Å²) in [6.45, 7) is 0. The van der Waals surface area contributed by atoms with E-state index in [1.165, 1.54) is 50.7 Å². The molecule has 1 aliphatic rings. The maximum Gasteiger partial charge on any atom is 0.00470 e. The molecule has 0 atom stereocenters. The van der Waals surface area contributed by atoms with Crippen molar-refractivity contribution in [3.05, 3.63) is 0 Å². The quantitative estimate of drug-likeness (QED) is 0.525. The van der Waals surface area contributed by atoms with Crippen LogP contribution in [0.5, 0.6) is 0 Å². The van der Waals surface area contributed by atoms with E-state index < -0.39 is 0 Å². The summed E-state index contributed by atoms with van der Waals surface area (Å²) >= 11 is 6.41. The van der Waals surface area contributed by atoms with Gasteiger partial charge in [-0.3, -0.25) is 0 Å². The van der Waals surface area contributed by atoms with E-state index in [4.69, 9.17) is 0 Å². The molecule has 0 unspecified atom stereocenters. The third kappa shape index (κ3) is 4.66. The van der Waals surface area contributed by atoms with Crippen LogP contribution in [-0.2, 0) is 0 Å². The van der Waals surface area contributed by atoms with Gasteiger partial charge in [0.25, 0.3) is 0 Å². The van der Waals surface area contributed by atoms with E-state index in [1.807, 2.05) is 0 Å². The Balaban J connectivity index is 1.91. The van der Waals surface area contributed by atoms with Gasteiger partial charge in [-0.05, 0) is 37.2 Å². The lowest BCUT2D eigenvalue weighted by molar-refractivity contribution is 0.516. The Morgan fingerprint density at radius 3 is 2.50 bits per heavy atom. The molecule has 0 N–H and O–H groups in total. The molecule has 0 aromatic rings. The standard InChI is InChI=1S/C10H20S2/c11-8-4-5-9-12-10-6-2-1-3-7-10/h10-11H,1-9H2. The molecule has 0 saturated heterocycles. The molecule has 0 aromatic heterocycles. The van der Waals surface area contributed by atoms with E-state index in [0.717, 1.165) is 11.0 Å². The molecule has 12 heavy (non-hydrogen) atoms. The lowest BCUT2D eigenvalue weighted by atomic mass is 10.0. The molecule has 2 heteroatoms. The minimum absolute atomic E-state index is 0.999. The van der Waals surface area contributed by atoms with Crippen LogP contribution >= 0.6 is 24.4 Å². The highest BCUT2D eigenvalue weighted by Gasteiger charge is 2.12. The largest absolute Gasteiger partial charge is 0.179 e. The van der Waals surface area contributed by atoms with Crippen molar-refractivity contribution < 1.29 is 0 Å². The first-order valence-electron chi connectivity index (χ1n) is 5.16. The normalized spacial score (nSPS) is 19.8. The van der Waals surface area contributed by atoms with E-state index in [0.29, 0.717) is 0 Å². The van der Waals surface area contributed by atoms with Crippen LogP contribution in [0.2, 0.25) is 0 Å². The van der Waals surface area contributed by atoms with Crippen LogP contribution in [0.3, 0.4) is 0 Å². The smallest absolute Gasteiger partial charge is 0.00470 e. The highest BCUT2D eigenvalue weighted by molar-refractivity contribution is 7.99. The molecular weight excluding hydrogens is 184 g/mol. The fraction of sp³-hybridized carbons (Fsp3) is 1.00. The van der Waals surface area contributed by atoms with Crippen molar-refractivity contribution >= 4 is 24.4 Å². The summed E-state index contributed by atoms with van der Waals surface area (Å²) in [6, 6.07) is 0. The van der Waals surface area contributed by atoms with E-state index in [1.54, 1.807) is 0 Å². The number of unbranched alkanes of at least 4 members (excludes halogenated alkanes) is 1. The van der Waals surface area contributed by atoms with E-state index in [9.17, 15) is 0 Å². The molecule has 72 valence electrons. The summed E-state index contributed by atoms with van der Waals surface area (Å²) in [4.78, 5) is 0. The van der Waals surface area contributed by atoms with Crippen LogP contribution in [-0.4, -0.2) is 16.8 Å². The summed E-state index contributed by atoms with van der Waals surface area (Å²) in [5, 5.41) is 0.999. The number of hydrogen-bond acceptors (Lipinski definition) is 2. The molecule has 1 fully saturated rings. The third-order valence-electron chi connectivity index (χ3n) is 2.46. The maximum absolute atomic E-state index is 4.21. The van der Waals surface area contributed by atoms with Crippen molar-refractivity contribution in [1.29, 1.82) is 0 Å². The topological polar surface area (TPSA) is 0 Å². The molecule has 0 radical (unpaired) electrons. The monoisotopic (exact) mass is 204 g/mol. The average Bonchev–Trinajstić information content (AvgIpc) is 2.14. The fourth-order valence-electron chi connectivity index (χ4n) is 1.70. The van der Waals surface area contributed by atoms with Crippen LogP contribution in [0.25, 0.3) is 0 Å². The van der Waals surface area contributed by atoms with Gasteiger partial charge in [0.05, 0.1) is 0 Å². The Labute approximate surface area is 86.3 Å². The Kier molecular flexibility index (Phi) is 6.41. The zero-order valence-corrected chi connectivity index (χ0v) is 9.51. The van der Waals surface area contributed by atoms with Crippen molar-refractivity contribution in [2.45, 2.75) is 50.2 Å². The van der Waals surface area contributed by atoms with Crippen molar-refractivity contribution in [2.24, 2.45) is 0 Å². The molecule has 0 bridgehead atoms. The second kappa shape index (κ2) is 7.14. The van der Waals surface area contributed by atoms with Crippen LogP contribution in [0, 0.1) is 0 Å². The highest BCUT2D eigenvalue weighted by Crippen LogP contribution is 2.28. The first kappa shape index (κ1) is 10.8. The molecule has 1 aliphatic carbocycles. The van der Waals surface area contributed by atoms with E-state index in [-0.39, 0.29) is 0 Å². The predicted molar refractivity (Wildman–Crippen MR) is 62.4 cm³/mol. The van der Waals surface area contributed by atoms with Gasteiger partial charge in [-0.25, -0.2) is 0 Å². The first-order chi connectivity index (χ1) is 5.93. The van der Waals surface area contributed by atoms with Gasteiger partial charge in [0.15, 0.2) is 0 Å². The van der Waals surface area contributed by atoms with Gasteiger partial charge in [-0.2, -0.15) is 24.4 Å². The molecule has 0 aliphatic heterocycles. The molecule has 0 spiro atoms. The van der Waals surface area contributed by atoms with Crippen molar-refractivity contribution in [1.82, 2.24) is 0 Å². The SMILES string of the molecule is SCCCCSC1CCCCC1. The van der Waals surface area contributed by atoms with Crippen molar-refractivity contribution in [2.75, 3.05) is 11.5 Å². The van der Waals surface area contributed by atoms with Crippen molar-refractivity contribution in [3.8, 4) is 0 Å². The summed E-state index contributed by atoms with van der Waals surface area (Å²) in [6.07, 6.45) is 10.0. The maximum atomic E-state index is 4.21. The van der Waals surface area contributed by atoms with E-state index in [2.05, 4.69) is 24.4 Å². The molecule has 0 amide bonds. The van der Waals surface area contributed by atoms with Gasteiger partial charge in [0.1, 0.15) is 0 Å². The van der Waals surface area contributed by atoms with Crippen LogP contribution in [0.1, 0.15) is 44.9 Å². The number of rotatable bonds is 5. The lowest BCUT2D eigenvalue weighted by Gasteiger charge is -2.20. The average molecular weight is 204 g/mol. The van der Waals surface area contributed by atoms with Crippen molar-refractivity contribution in [3.63, 3.8) is 0 Å². The Bertz CT molecular complexity index is 98.0. The molecular formula is C10H20S2. The highest BCUT2D eigenvalue weighted by atomic mass is 32.2. The fourth-order valence-corrected chi connectivity index (χ4v) is 3.29. The van der Waals surface area contributed by atoms with Gasteiger partial charge < -0.3 is 0 Å². The molecule has 1 rings (SSSR count).